The molecule has 20 heavy (non-hydrogen) atoms. The number of nitrogen functional groups attached to an aromatic ring is 1. The molecule has 0 radical (unpaired) electrons. The Bertz CT molecular complexity index is 425. The molecule has 5 heteroatoms. The van der Waals surface area contributed by atoms with E-state index in [4.69, 9.17) is 15.2 Å². The molecule has 0 bridgehead atoms. The van der Waals surface area contributed by atoms with Crippen molar-refractivity contribution in [2.45, 2.75) is 33.2 Å². The zero-order chi connectivity index (χ0) is 15.1. The minimum absolute atomic E-state index is 0.233. The van der Waals surface area contributed by atoms with Gasteiger partial charge in [0.2, 0.25) is 0 Å². The summed E-state index contributed by atoms with van der Waals surface area (Å²) in [5.41, 5.74) is 7.15. The fourth-order valence-electron chi connectivity index (χ4n) is 1.98. The summed E-state index contributed by atoms with van der Waals surface area (Å²) in [5, 5.41) is 0. The average molecular weight is 284 g/mol. The van der Waals surface area contributed by atoms with Gasteiger partial charge in [-0.2, -0.15) is 0 Å². The molecular weight excluding hydrogens is 259 g/mol. The molecule has 0 saturated carbocycles. The summed E-state index contributed by atoms with van der Waals surface area (Å²) in [4.78, 5) is 2.08. The van der Waals surface area contributed by atoms with Gasteiger partial charge in [0.05, 0.1) is 24.6 Å². The number of hydrogen-bond donors (Lipinski definition) is 1. The van der Waals surface area contributed by atoms with Crippen molar-refractivity contribution < 1.29 is 13.9 Å². The second kappa shape index (κ2) is 7.94. The number of anilines is 2. The van der Waals surface area contributed by atoms with Gasteiger partial charge in [0, 0.05) is 31.8 Å². The van der Waals surface area contributed by atoms with Crippen LogP contribution in [-0.2, 0) is 4.74 Å². The molecule has 0 aliphatic rings. The topological polar surface area (TPSA) is 47.7 Å². The van der Waals surface area contributed by atoms with Crippen molar-refractivity contribution in [3.63, 3.8) is 0 Å². The van der Waals surface area contributed by atoms with Crippen molar-refractivity contribution in [2.24, 2.45) is 0 Å². The number of nitrogens with two attached hydrogens (primary N) is 1. The van der Waals surface area contributed by atoms with E-state index in [-0.39, 0.29) is 11.8 Å². The van der Waals surface area contributed by atoms with E-state index in [1.165, 1.54) is 6.07 Å². The second-order valence-electron chi connectivity index (χ2n) is 4.97. The average Bonchev–Trinajstić information content (AvgIpc) is 2.39. The predicted octanol–water partition coefficient (Wildman–Crippen LogP) is 3.06. The molecule has 0 aromatic heterocycles. The van der Waals surface area contributed by atoms with Gasteiger partial charge in [0.15, 0.2) is 11.6 Å². The third-order valence-electron chi connectivity index (χ3n) is 3.01. The van der Waals surface area contributed by atoms with E-state index in [1.807, 2.05) is 6.92 Å². The first-order valence-electron chi connectivity index (χ1n) is 6.98. The Morgan fingerprint density at radius 3 is 2.55 bits per heavy atom. The van der Waals surface area contributed by atoms with Crippen LogP contribution in [-0.4, -0.2) is 32.9 Å². The molecule has 4 nitrogen and oxygen atoms in total. The van der Waals surface area contributed by atoms with Crippen molar-refractivity contribution in [3.8, 4) is 5.75 Å². The van der Waals surface area contributed by atoms with E-state index in [9.17, 15) is 4.39 Å². The summed E-state index contributed by atoms with van der Waals surface area (Å²) in [6, 6.07) is 3.23. The summed E-state index contributed by atoms with van der Waals surface area (Å²) in [6.07, 6.45) is 0.830. The van der Waals surface area contributed by atoms with Crippen LogP contribution in [0.5, 0.6) is 5.75 Å². The van der Waals surface area contributed by atoms with Crippen molar-refractivity contribution in [1.29, 1.82) is 0 Å². The molecule has 0 spiro atoms. The normalized spacial score (nSPS) is 10.9. The Kier molecular flexibility index (Phi) is 6.58. The highest BCUT2D eigenvalue weighted by atomic mass is 19.1. The summed E-state index contributed by atoms with van der Waals surface area (Å²) in [5.74, 6) is -0.172. The predicted molar refractivity (Wildman–Crippen MR) is 81.0 cm³/mol. The van der Waals surface area contributed by atoms with Gasteiger partial charge in [0.25, 0.3) is 0 Å². The highest BCUT2D eigenvalue weighted by Gasteiger charge is 2.17. The highest BCUT2D eigenvalue weighted by Crippen LogP contribution is 2.32. The van der Waals surface area contributed by atoms with Crippen LogP contribution in [0, 0.1) is 5.82 Å². The van der Waals surface area contributed by atoms with Gasteiger partial charge in [-0.25, -0.2) is 4.39 Å². The van der Waals surface area contributed by atoms with Gasteiger partial charge in [-0.3, -0.25) is 0 Å². The lowest BCUT2D eigenvalue weighted by Gasteiger charge is -2.30. The maximum absolute atomic E-state index is 13.8. The molecule has 1 aromatic rings. The quantitative estimate of drug-likeness (QED) is 0.745. The molecule has 1 rings (SSSR count). The monoisotopic (exact) mass is 284 g/mol. The Balaban J connectivity index is 3.06. The van der Waals surface area contributed by atoms with E-state index < -0.39 is 5.82 Å². The summed E-state index contributed by atoms with van der Waals surface area (Å²) in [6.45, 7) is 7.86. The molecule has 0 heterocycles. The molecule has 0 aliphatic heterocycles. The lowest BCUT2D eigenvalue weighted by Crippen LogP contribution is -2.34. The van der Waals surface area contributed by atoms with E-state index in [2.05, 4.69) is 18.7 Å². The molecule has 0 amide bonds. The van der Waals surface area contributed by atoms with Gasteiger partial charge >= 0.3 is 0 Å². The maximum Gasteiger partial charge on any atom is 0.167 e. The third kappa shape index (κ3) is 4.27. The van der Waals surface area contributed by atoms with E-state index in [0.29, 0.717) is 25.4 Å². The zero-order valence-corrected chi connectivity index (χ0v) is 12.8. The van der Waals surface area contributed by atoms with Crippen LogP contribution in [0.15, 0.2) is 12.1 Å². The van der Waals surface area contributed by atoms with Gasteiger partial charge in [-0.15, -0.1) is 0 Å². The molecule has 0 unspecified atom stereocenters. The Hall–Kier alpha value is -1.49. The minimum Gasteiger partial charge on any atom is -0.490 e. The van der Waals surface area contributed by atoms with E-state index in [1.54, 1.807) is 13.2 Å². The smallest absolute Gasteiger partial charge is 0.167 e. The fraction of sp³-hybridized carbons (Fsp3) is 0.600. The van der Waals surface area contributed by atoms with Gasteiger partial charge in [0.1, 0.15) is 0 Å². The van der Waals surface area contributed by atoms with E-state index in [0.717, 1.165) is 12.1 Å². The number of ether oxygens (including phenoxy) is 2. The lowest BCUT2D eigenvalue weighted by molar-refractivity contribution is 0.204. The van der Waals surface area contributed by atoms with Crippen molar-refractivity contribution in [2.75, 3.05) is 37.5 Å². The summed E-state index contributed by atoms with van der Waals surface area (Å²) in [7, 11) is 1.66. The SMILES string of the molecule is CCCOc1cc(N(CCOC)C(C)C)c(N)cc1F. The summed E-state index contributed by atoms with van der Waals surface area (Å²) < 4.78 is 24.4. The fourth-order valence-corrected chi connectivity index (χ4v) is 1.98. The first kappa shape index (κ1) is 16.6. The number of methoxy groups -OCH3 is 1. The first-order chi connectivity index (χ1) is 9.51. The Morgan fingerprint density at radius 1 is 1.30 bits per heavy atom. The van der Waals surface area contributed by atoms with E-state index >= 15 is 0 Å². The maximum atomic E-state index is 13.8. The standard InChI is InChI=1S/C15H25FN2O2/c1-5-7-20-15-10-14(13(17)9-12(15)16)18(11(2)3)6-8-19-4/h9-11H,5-8,17H2,1-4H3. The number of benzene rings is 1. The molecule has 2 N–H and O–H groups in total. The van der Waals surface area contributed by atoms with Crippen LogP contribution in [0.25, 0.3) is 0 Å². The van der Waals surface area contributed by atoms with Crippen LogP contribution in [0.4, 0.5) is 15.8 Å². The summed E-state index contributed by atoms with van der Waals surface area (Å²) >= 11 is 0. The molecule has 0 fully saturated rings. The van der Waals surface area contributed by atoms with Crippen LogP contribution >= 0.6 is 0 Å². The largest absolute Gasteiger partial charge is 0.490 e. The first-order valence-corrected chi connectivity index (χ1v) is 6.98. The van der Waals surface area contributed by atoms with Gasteiger partial charge in [-0.05, 0) is 20.3 Å². The van der Waals surface area contributed by atoms with Crippen LogP contribution in [0.2, 0.25) is 0 Å². The Morgan fingerprint density at radius 2 is 2.00 bits per heavy atom. The molecular formula is C15H25FN2O2. The lowest BCUT2D eigenvalue weighted by atomic mass is 10.2. The van der Waals surface area contributed by atoms with Crippen molar-refractivity contribution in [3.05, 3.63) is 17.9 Å². The zero-order valence-electron chi connectivity index (χ0n) is 12.8. The number of hydrogen-bond acceptors (Lipinski definition) is 4. The van der Waals surface area contributed by atoms with Crippen LogP contribution in [0.3, 0.4) is 0 Å². The number of rotatable bonds is 8. The number of halogens is 1. The second-order valence-corrected chi connectivity index (χ2v) is 4.97. The van der Waals surface area contributed by atoms with Crippen molar-refractivity contribution >= 4 is 11.4 Å². The molecule has 114 valence electrons. The van der Waals surface area contributed by atoms with Gasteiger partial charge in [-0.1, -0.05) is 6.92 Å². The third-order valence-corrected chi connectivity index (χ3v) is 3.01. The van der Waals surface area contributed by atoms with Crippen LogP contribution in [0.1, 0.15) is 27.2 Å². The molecule has 0 aliphatic carbocycles. The highest BCUT2D eigenvalue weighted by molar-refractivity contribution is 5.70. The minimum atomic E-state index is -0.421. The Labute approximate surface area is 120 Å². The van der Waals surface area contributed by atoms with Crippen molar-refractivity contribution in [1.82, 2.24) is 0 Å². The molecule has 1 aromatic carbocycles. The number of nitrogens with zero attached hydrogens (tertiary/aromatic N) is 1. The molecule has 0 atom stereocenters. The molecule has 0 saturated heterocycles. The van der Waals surface area contributed by atoms with Crippen LogP contribution < -0.4 is 15.4 Å². The van der Waals surface area contributed by atoms with Gasteiger partial charge < -0.3 is 20.1 Å².